The Hall–Kier alpha value is -2.33. The highest BCUT2D eigenvalue weighted by Gasteiger charge is 2.11. The van der Waals surface area contributed by atoms with E-state index in [1.165, 1.54) is 0 Å². The first-order valence-electron chi connectivity index (χ1n) is 9.56. The van der Waals surface area contributed by atoms with E-state index in [0.717, 1.165) is 11.9 Å². The zero-order valence-electron chi connectivity index (χ0n) is 17.7. The summed E-state index contributed by atoms with van der Waals surface area (Å²) in [5, 5.41) is 3.95. The minimum atomic E-state index is -3.68. The van der Waals surface area contributed by atoms with Gasteiger partial charge >= 0.3 is 6.09 Å². The topological polar surface area (TPSA) is 103 Å². The number of carbonyl (C=O) groups is 1. The maximum Gasteiger partial charge on any atom is 0.421 e. The Morgan fingerprint density at radius 2 is 1.67 bits per heavy atom. The van der Waals surface area contributed by atoms with Gasteiger partial charge in [0, 0.05) is 17.3 Å². The molecule has 2 aromatic carbocycles. The van der Waals surface area contributed by atoms with Crippen molar-refractivity contribution in [1.29, 1.82) is 0 Å². The average molecular weight is 538 g/mol. The zero-order valence-corrected chi connectivity index (χ0v) is 20.8. The molecule has 0 aliphatic rings. The zero-order chi connectivity index (χ0) is 24.4. The van der Waals surface area contributed by atoms with Gasteiger partial charge in [0.25, 0.3) is 0 Å². The van der Waals surface area contributed by atoms with Gasteiger partial charge in [0.15, 0.2) is 5.75 Å². The highest BCUT2D eigenvalue weighted by Crippen LogP contribution is 2.37. The van der Waals surface area contributed by atoms with Crippen molar-refractivity contribution in [3.63, 3.8) is 0 Å². The van der Waals surface area contributed by atoms with Crippen molar-refractivity contribution in [1.82, 2.24) is 4.72 Å². The number of anilines is 2. The molecule has 0 saturated heterocycles. The first-order chi connectivity index (χ1) is 15.6. The number of rotatable bonds is 12. The third-order valence-corrected chi connectivity index (χ3v) is 5.15. The minimum absolute atomic E-state index is 0.0787. The van der Waals surface area contributed by atoms with Gasteiger partial charge < -0.3 is 19.5 Å². The Balaban J connectivity index is 1.85. The van der Waals surface area contributed by atoms with Gasteiger partial charge in [0.05, 0.1) is 22.9 Å². The van der Waals surface area contributed by atoms with E-state index in [1.807, 2.05) is 0 Å². The van der Waals surface area contributed by atoms with Gasteiger partial charge in [-0.1, -0.05) is 29.8 Å². The van der Waals surface area contributed by atoms with Crippen molar-refractivity contribution >= 4 is 62.3 Å². The maximum absolute atomic E-state index is 11.3. The Kier molecular flexibility index (Phi) is 10.4. The molecule has 0 unspecified atom stereocenters. The van der Waals surface area contributed by atoms with Gasteiger partial charge in [-0.3, -0.25) is 0 Å². The Labute approximate surface area is 207 Å². The van der Waals surface area contributed by atoms with Gasteiger partial charge in [-0.2, -0.15) is 0 Å². The summed E-state index contributed by atoms with van der Waals surface area (Å²) in [5.41, 5.74) is 1.89. The van der Waals surface area contributed by atoms with Gasteiger partial charge in [-0.25, -0.2) is 17.9 Å². The fourth-order valence-corrected chi connectivity index (χ4v) is 3.44. The smallest absolute Gasteiger partial charge is 0.421 e. The Morgan fingerprint density at radius 3 is 2.24 bits per heavy atom. The summed E-state index contributed by atoms with van der Waals surface area (Å²) in [6.07, 6.45) is 0.452. The fourth-order valence-electron chi connectivity index (χ4n) is 2.38. The third-order valence-electron chi connectivity index (χ3n) is 3.78. The lowest BCUT2D eigenvalue weighted by Gasteiger charge is -2.13. The first-order valence-corrected chi connectivity index (χ1v) is 12.7. The van der Waals surface area contributed by atoms with Crippen LogP contribution in [0.2, 0.25) is 10.0 Å². The molecule has 0 saturated carbocycles. The first kappa shape index (κ1) is 26.9. The highest BCUT2D eigenvalue weighted by molar-refractivity contribution is 7.89. The normalized spacial score (nSPS) is 10.9. The third kappa shape index (κ3) is 10.00. The number of alkyl halides is 1. The molecule has 0 spiro atoms. The molecule has 0 aliphatic carbocycles. The molecule has 180 valence electrons. The molecule has 0 aromatic heterocycles. The Bertz CT molecular complexity index is 1050. The van der Waals surface area contributed by atoms with E-state index in [1.54, 1.807) is 41.1 Å². The van der Waals surface area contributed by atoms with Crippen LogP contribution in [-0.2, 0) is 14.8 Å². The molecule has 0 bridgehead atoms. The molecule has 2 rings (SSSR count). The second-order valence-electron chi connectivity index (χ2n) is 6.80. The summed E-state index contributed by atoms with van der Waals surface area (Å²) in [6, 6.07) is 10.5. The molecule has 8 nitrogen and oxygen atoms in total. The predicted molar refractivity (Wildman–Crippen MR) is 131 cm³/mol. The second-order valence-corrected chi connectivity index (χ2v) is 9.74. The monoisotopic (exact) mass is 536 g/mol. The number of nitrogens with one attached hydrogen (secondary N) is 2. The number of sulfonamides is 1. The molecule has 0 aliphatic heterocycles. The molecule has 2 N–H and O–H groups in total. The molecule has 0 heterocycles. The summed E-state index contributed by atoms with van der Waals surface area (Å²) < 4.78 is 39.5. The van der Waals surface area contributed by atoms with Crippen LogP contribution in [0.5, 0.6) is 11.5 Å². The van der Waals surface area contributed by atoms with Crippen LogP contribution in [0.4, 0.5) is 16.2 Å². The molecule has 0 radical (unpaired) electrons. The van der Waals surface area contributed by atoms with Crippen LogP contribution in [0.3, 0.4) is 0 Å². The van der Waals surface area contributed by atoms with Crippen molar-refractivity contribution in [3.05, 3.63) is 58.6 Å². The second kappa shape index (κ2) is 12.8. The minimum Gasteiger partial charge on any atom is -0.490 e. The largest absolute Gasteiger partial charge is 0.490 e. The van der Waals surface area contributed by atoms with Gasteiger partial charge in [-0.15, -0.1) is 11.6 Å². The van der Waals surface area contributed by atoms with E-state index in [4.69, 9.17) is 49.0 Å². The van der Waals surface area contributed by atoms with E-state index < -0.39 is 16.1 Å². The lowest BCUT2D eigenvalue weighted by Crippen LogP contribution is -2.30. The highest BCUT2D eigenvalue weighted by atomic mass is 35.5. The van der Waals surface area contributed by atoms with Gasteiger partial charge in [0.1, 0.15) is 19.0 Å². The van der Waals surface area contributed by atoms with Crippen LogP contribution in [0.15, 0.2) is 48.6 Å². The number of ether oxygens (including phenoxy) is 3. The number of halogens is 3. The van der Waals surface area contributed by atoms with E-state index >= 15 is 0 Å². The fraction of sp³-hybridized carbons (Fsp3) is 0.286. The van der Waals surface area contributed by atoms with Gasteiger partial charge in [-0.05, 0) is 48.4 Å². The van der Waals surface area contributed by atoms with Crippen LogP contribution in [0, 0.1) is 0 Å². The van der Waals surface area contributed by atoms with Crippen LogP contribution < -0.4 is 19.5 Å². The SMILES string of the molecule is C=C(COC(=O)NS(C)(=O)=O)COc1ccc(Nc2cc(Cl)c(OCCCCl)c(Cl)c2)cc1. The molecule has 1 amide bonds. The lowest BCUT2D eigenvalue weighted by molar-refractivity contribution is 0.159. The number of hydrogen-bond donors (Lipinski definition) is 2. The molecule has 12 heteroatoms. The molecule has 0 atom stereocenters. The van der Waals surface area contributed by atoms with E-state index in [0.29, 0.717) is 51.7 Å². The summed E-state index contributed by atoms with van der Waals surface area (Å²) in [6.45, 7) is 4.04. The molecular weight excluding hydrogens is 515 g/mol. The van der Waals surface area contributed by atoms with Crippen molar-refractivity contribution in [3.8, 4) is 11.5 Å². The van der Waals surface area contributed by atoms with Crippen LogP contribution >= 0.6 is 34.8 Å². The lowest BCUT2D eigenvalue weighted by atomic mass is 10.2. The molecular formula is C21H23Cl3N2O6S. The number of benzene rings is 2. The van der Waals surface area contributed by atoms with Crippen molar-refractivity contribution in [2.45, 2.75) is 6.42 Å². The molecule has 33 heavy (non-hydrogen) atoms. The van der Waals surface area contributed by atoms with Crippen LogP contribution in [0.25, 0.3) is 0 Å². The van der Waals surface area contributed by atoms with Crippen molar-refractivity contribution < 1.29 is 27.4 Å². The summed E-state index contributed by atoms with van der Waals surface area (Å²) in [5.74, 6) is 1.45. The van der Waals surface area contributed by atoms with Crippen molar-refractivity contribution in [2.75, 3.05) is 37.3 Å². The summed E-state index contributed by atoms with van der Waals surface area (Å²) >= 11 is 18.2. The standard InChI is InChI=1S/C21H23Cl3N2O6S/c1-14(13-32-21(27)26-33(2,28)29)12-31-17-6-4-15(5-7-17)25-16-10-18(23)20(19(24)11-16)30-9-3-8-22/h4-7,10-11,25H,1,3,8-9,12-13H2,2H3,(H,26,27). The van der Waals surface area contributed by atoms with Crippen molar-refractivity contribution in [2.24, 2.45) is 0 Å². The van der Waals surface area contributed by atoms with Gasteiger partial charge in [0.2, 0.25) is 10.0 Å². The molecule has 2 aromatic rings. The van der Waals surface area contributed by atoms with E-state index in [2.05, 4.69) is 11.9 Å². The molecule has 0 fully saturated rings. The number of carbonyl (C=O) groups excluding carboxylic acids is 1. The van der Waals surface area contributed by atoms with E-state index in [-0.39, 0.29) is 13.2 Å². The predicted octanol–water partition coefficient (Wildman–Crippen LogP) is 5.37. The van der Waals surface area contributed by atoms with Crippen LogP contribution in [-0.4, -0.2) is 46.5 Å². The van der Waals surface area contributed by atoms with E-state index in [9.17, 15) is 13.2 Å². The number of amides is 1. The Morgan fingerprint density at radius 1 is 1.03 bits per heavy atom. The summed E-state index contributed by atoms with van der Waals surface area (Å²) in [7, 11) is -3.68. The quantitative estimate of drug-likeness (QED) is 0.213. The average Bonchev–Trinajstić information content (AvgIpc) is 2.72. The number of hydrogen-bond acceptors (Lipinski definition) is 7. The van der Waals surface area contributed by atoms with Crippen LogP contribution in [0.1, 0.15) is 6.42 Å². The maximum atomic E-state index is 11.3. The summed E-state index contributed by atoms with van der Waals surface area (Å²) in [4.78, 5) is 11.3.